The number of pyridine rings is 1. The molecule has 132 valence electrons. The highest BCUT2D eigenvalue weighted by atomic mass is 16.3. The number of aliphatic hydroxyl groups is 1. The lowest BCUT2D eigenvalue weighted by Crippen LogP contribution is -2.56. The van der Waals surface area contributed by atoms with Gasteiger partial charge in [0.25, 0.3) is 0 Å². The number of hydrogen-bond acceptors (Lipinski definition) is 5. The summed E-state index contributed by atoms with van der Waals surface area (Å²) in [6, 6.07) is 5.19. The first-order valence-electron chi connectivity index (χ1n) is 8.46. The number of nitrogens with zero attached hydrogens (tertiary/aromatic N) is 3. The van der Waals surface area contributed by atoms with Crippen molar-refractivity contribution < 1.29 is 14.7 Å². The summed E-state index contributed by atoms with van der Waals surface area (Å²) in [5, 5.41) is 12.0. The molecule has 0 bridgehead atoms. The number of amides is 2. The Hall–Kier alpha value is -1.99. The summed E-state index contributed by atoms with van der Waals surface area (Å²) >= 11 is 0. The Morgan fingerprint density at radius 3 is 2.96 bits per heavy atom. The molecular weight excluding hydrogens is 308 g/mol. The van der Waals surface area contributed by atoms with E-state index in [4.69, 9.17) is 5.11 Å². The molecule has 24 heavy (non-hydrogen) atoms. The Balaban J connectivity index is 2.05. The van der Waals surface area contributed by atoms with E-state index in [1.165, 1.54) is 0 Å². The lowest BCUT2D eigenvalue weighted by Gasteiger charge is -2.35. The van der Waals surface area contributed by atoms with Crippen molar-refractivity contribution in [3.63, 3.8) is 0 Å². The van der Waals surface area contributed by atoms with E-state index in [2.05, 4.69) is 10.3 Å². The monoisotopic (exact) mass is 334 g/mol. The number of rotatable bonds is 8. The maximum Gasteiger partial charge on any atom is 0.237 e. The highest BCUT2D eigenvalue weighted by Gasteiger charge is 2.32. The summed E-state index contributed by atoms with van der Waals surface area (Å²) < 4.78 is 0. The summed E-state index contributed by atoms with van der Waals surface area (Å²) in [6.45, 7) is 4.62. The van der Waals surface area contributed by atoms with Crippen molar-refractivity contribution in [3.8, 4) is 0 Å². The van der Waals surface area contributed by atoms with E-state index >= 15 is 0 Å². The van der Waals surface area contributed by atoms with Gasteiger partial charge < -0.3 is 15.3 Å². The Kier molecular flexibility index (Phi) is 7.14. The van der Waals surface area contributed by atoms with Crippen molar-refractivity contribution >= 4 is 11.8 Å². The summed E-state index contributed by atoms with van der Waals surface area (Å²) in [7, 11) is 0. The molecule has 0 aliphatic carbocycles. The second kappa shape index (κ2) is 9.34. The van der Waals surface area contributed by atoms with Crippen LogP contribution >= 0.6 is 0 Å². The molecule has 0 aromatic carbocycles. The minimum absolute atomic E-state index is 0.0692. The van der Waals surface area contributed by atoms with E-state index in [-0.39, 0.29) is 24.8 Å². The Morgan fingerprint density at radius 1 is 1.46 bits per heavy atom. The summed E-state index contributed by atoms with van der Waals surface area (Å²) in [4.78, 5) is 32.7. The Morgan fingerprint density at radius 2 is 2.29 bits per heavy atom. The quantitative estimate of drug-likeness (QED) is 0.699. The number of piperazine rings is 1. The van der Waals surface area contributed by atoms with E-state index in [0.29, 0.717) is 32.7 Å². The van der Waals surface area contributed by atoms with Crippen LogP contribution in [0.25, 0.3) is 0 Å². The summed E-state index contributed by atoms with van der Waals surface area (Å²) in [5.74, 6) is -0.218. The van der Waals surface area contributed by atoms with Crippen molar-refractivity contribution in [1.29, 1.82) is 0 Å². The molecule has 7 nitrogen and oxygen atoms in total. The molecule has 2 rings (SSSR count). The van der Waals surface area contributed by atoms with Gasteiger partial charge in [-0.2, -0.15) is 0 Å². The Bertz CT molecular complexity index is 532. The van der Waals surface area contributed by atoms with Crippen LogP contribution in [0.5, 0.6) is 0 Å². The lowest BCUT2D eigenvalue weighted by molar-refractivity contribution is -0.139. The van der Waals surface area contributed by atoms with Gasteiger partial charge in [-0.15, -0.1) is 0 Å². The zero-order valence-corrected chi connectivity index (χ0v) is 14.1. The molecule has 0 unspecified atom stereocenters. The second-order valence-corrected chi connectivity index (χ2v) is 5.91. The number of carbonyl (C=O) groups is 2. The topological polar surface area (TPSA) is 85.8 Å². The van der Waals surface area contributed by atoms with Gasteiger partial charge in [0.2, 0.25) is 11.8 Å². The summed E-state index contributed by atoms with van der Waals surface area (Å²) in [5.41, 5.74) is 0.880. The van der Waals surface area contributed by atoms with Gasteiger partial charge >= 0.3 is 0 Å². The molecule has 7 heteroatoms. The number of aliphatic hydroxyl groups excluding tert-OH is 1. The molecule has 0 spiro atoms. The van der Waals surface area contributed by atoms with E-state index in [0.717, 1.165) is 12.1 Å². The summed E-state index contributed by atoms with van der Waals surface area (Å²) in [6.07, 6.45) is 2.67. The van der Waals surface area contributed by atoms with Crippen LogP contribution in [-0.2, 0) is 16.1 Å². The number of carbonyl (C=O) groups excluding carboxylic acids is 2. The van der Waals surface area contributed by atoms with Gasteiger partial charge in [0.1, 0.15) is 0 Å². The second-order valence-electron chi connectivity index (χ2n) is 5.91. The van der Waals surface area contributed by atoms with E-state index in [9.17, 15) is 9.59 Å². The molecule has 1 aromatic heterocycles. The predicted molar refractivity (Wildman–Crippen MR) is 90.0 cm³/mol. The van der Waals surface area contributed by atoms with Crippen LogP contribution in [-0.4, -0.2) is 70.5 Å². The standard InChI is InChI=1S/C17H26N4O3/c1-2-8-20(10-11-22)16(23)12-15-17(24)19-7-9-21(15)13-14-5-3-4-6-18-14/h3-6,15,22H,2,7-13H2,1H3,(H,19,24)/t15-/m0/s1. The fourth-order valence-electron chi connectivity index (χ4n) is 2.92. The normalized spacial score (nSPS) is 18.2. The minimum Gasteiger partial charge on any atom is -0.395 e. The average Bonchev–Trinajstić information content (AvgIpc) is 2.58. The molecule has 2 N–H and O–H groups in total. The van der Waals surface area contributed by atoms with Gasteiger partial charge in [-0.05, 0) is 18.6 Å². The highest BCUT2D eigenvalue weighted by molar-refractivity contribution is 5.88. The van der Waals surface area contributed by atoms with E-state index in [1.54, 1.807) is 11.1 Å². The third-order valence-electron chi connectivity index (χ3n) is 4.12. The number of aromatic nitrogens is 1. The number of nitrogens with one attached hydrogen (secondary N) is 1. The number of hydrogen-bond donors (Lipinski definition) is 2. The average molecular weight is 334 g/mol. The molecule has 1 aliphatic heterocycles. The van der Waals surface area contributed by atoms with Crippen LogP contribution in [0.4, 0.5) is 0 Å². The zero-order valence-electron chi connectivity index (χ0n) is 14.1. The SMILES string of the molecule is CCCN(CCO)C(=O)C[C@H]1C(=O)NCCN1Cc1ccccn1. The molecular formula is C17H26N4O3. The van der Waals surface area contributed by atoms with Crippen molar-refractivity contribution in [2.45, 2.75) is 32.4 Å². The van der Waals surface area contributed by atoms with Gasteiger partial charge in [-0.1, -0.05) is 13.0 Å². The van der Waals surface area contributed by atoms with Crippen molar-refractivity contribution in [2.24, 2.45) is 0 Å². The third-order valence-corrected chi connectivity index (χ3v) is 4.12. The van der Waals surface area contributed by atoms with Gasteiger partial charge in [-0.3, -0.25) is 19.5 Å². The molecule has 1 fully saturated rings. The van der Waals surface area contributed by atoms with Crippen molar-refractivity contribution in [2.75, 3.05) is 32.8 Å². The predicted octanol–water partition coefficient (Wildman–Crippen LogP) is 0.00300. The minimum atomic E-state index is -0.494. The molecule has 0 radical (unpaired) electrons. The smallest absolute Gasteiger partial charge is 0.237 e. The van der Waals surface area contributed by atoms with Crippen molar-refractivity contribution in [1.82, 2.24) is 20.1 Å². The molecule has 0 saturated carbocycles. The molecule has 2 amide bonds. The molecule has 1 aliphatic rings. The molecule has 1 aromatic rings. The van der Waals surface area contributed by atoms with Crippen LogP contribution in [0, 0.1) is 0 Å². The highest BCUT2D eigenvalue weighted by Crippen LogP contribution is 2.14. The van der Waals surface area contributed by atoms with Gasteiger partial charge in [0, 0.05) is 38.9 Å². The third kappa shape index (κ3) is 5.01. The maximum atomic E-state index is 12.5. The largest absolute Gasteiger partial charge is 0.395 e. The lowest BCUT2D eigenvalue weighted by atomic mass is 10.1. The molecule has 1 atom stereocenters. The van der Waals surface area contributed by atoms with Crippen LogP contribution in [0.1, 0.15) is 25.5 Å². The Labute approximate surface area is 142 Å². The van der Waals surface area contributed by atoms with E-state index < -0.39 is 6.04 Å². The fraction of sp³-hybridized carbons (Fsp3) is 0.588. The zero-order chi connectivity index (χ0) is 17.4. The maximum absolute atomic E-state index is 12.5. The molecule has 2 heterocycles. The first kappa shape index (κ1) is 18.4. The van der Waals surface area contributed by atoms with Gasteiger partial charge in [-0.25, -0.2) is 0 Å². The van der Waals surface area contributed by atoms with Crippen LogP contribution in [0.15, 0.2) is 24.4 Å². The molecule has 1 saturated heterocycles. The van der Waals surface area contributed by atoms with Crippen LogP contribution < -0.4 is 5.32 Å². The van der Waals surface area contributed by atoms with Gasteiger partial charge in [0.05, 0.1) is 24.8 Å². The first-order valence-corrected chi connectivity index (χ1v) is 8.46. The van der Waals surface area contributed by atoms with Crippen LogP contribution in [0.3, 0.4) is 0 Å². The van der Waals surface area contributed by atoms with Gasteiger partial charge in [0.15, 0.2) is 0 Å². The van der Waals surface area contributed by atoms with Crippen molar-refractivity contribution in [3.05, 3.63) is 30.1 Å². The van der Waals surface area contributed by atoms with E-state index in [1.807, 2.05) is 30.0 Å². The van der Waals surface area contributed by atoms with Crippen LogP contribution in [0.2, 0.25) is 0 Å². The fourth-order valence-corrected chi connectivity index (χ4v) is 2.92. The first-order chi connectivity index (χ1) is 11.7.